The second kappa shape index (κ2) is 11.5. The van der Waals surface area contributed by atoms with Crippen LogP contribution < -0.4 is 29.6 Å². The summed E-state index contributed by atoms with van der Waals surface area (Å²) in [5.74, 6) is 1.70. The third-order valence-electron chi connectivity index (χ3n) is 4.66. The zero-order valence-corrected chi connectivity index (χ0v) is 20.5. The van der Waals surface area contributed by atoms with Crippen LogP contribution in [0, 0.1) is 0 Å². The lowest BCUT2D eigenvalue weighted by molar-refractivity contribution is 0.354. The smallest absolute Gasteiger partial charge is 0.263 e. The van der Waals surface area contributed by atoms with E-state index in [0.717, 1.165) is 12.0 Å². The van der Waals surface area contributed by atoms with Crippen molar-refractivity contribution in [1.29, 1.82) is 0 Å². The Morgan fingerprint density at radius 1 is 0.941 bits per heavy atom. The summed E-state index contributed by atoms with van der Waals surface area (Å²) in [5.41, 5.74) is 1.71. The molecule has 3 aromatic rings. The topological polar surface area (TPSA) is 124 Å². The number of methoxy groups -OCH3 is 3. The van der Waals surface area contributed by atoms with Crippen LogP contribution in [0.25, 0.3) is 0 Å². The summed E-state index contributed by atoms with van der Waals surface area (Å²) in [7, 11) is 0.792. The van der Waals surface area contributed by atoms with Gasteiger partial charge in [-0.2, -0.15) is 0 Å². The molecule has 2 aromatic carbocycles. The van der Waals surface area contributed by atoms with Crippen LogP contribution in [0.5, 0.6) is 17.4 Å². The van der Waals surface area contributed by atoms with Crippen LogP contribution in [0.3, 0.4) is 0 Å². The molecule has 3 rings (SSSR count). The van der Waals surface area contributed by atoms with Gasteiger partial charge in [0.05, 0.1) is 26.2 Å². The highest BCUT2D eigenvalue weighted by Crippen LogP contribution is 2.27. The molecule has 1 aromatic heterocycles. The fourth-order valence-electron chi connectivity index (χ4n) is 2.95. The number of nitrogens with one attached hydrogen (secondary N) is 3. The van der Waals surface area contributed by atoms with Crippen molar-refractivity contribution >= 4 is 38.9 Å². The van der Waals surface area contributed by atoms with Crippen molar-refractivity contribution in [3.05, 3.63) is 60.4 Å². The summed E-state index contributed by atoms with van der Waals surface area (Å²) in [6.07, 6.45) is 1.93. The Kier molecular flexibility index (Phi) is 8.44. The van der Waals surface area contributed by atoms with Gasteiger partial charge in [-0.1, -0.05) is 6.07 Å². The minimum absolute atomic E-state index is 0.0722. The molecule has 0 aliphatic heterocycles. The van der Waals surface area contributed by atoms with Gasteiger partial charge in [-0.3, -0.25) is 4.72 Å². The van der Waals surface area contributed by atoms with Crippen LogP contribution in [0.4, 0.5) is 11.5 Å². The lowest BCUT2D eigenvalue weighted by Gasteiger charge is -2.13. The summed E-state index contributed by atoms with van der Waals surface area (Å²) in [6, 6.07) is 13.3. The number of anilines is 2. The second-order valence-electron chi connectivity index (χ2n) is 6.90. The summed E-state index contributed by atoms with van der Waals surface area (Å²) >= 11 is 5.33. The number of thiocarbonyl (C=S) groups is 1. The number of aromatic nitrogens is 2. The lowest BCUT2D eigenvalue weighted by Crippen LogP contribution is -2.30. The molecule has 0 spiro atoms. The van der Waals surface area contributed by atoms with E-state index in [0.29, 0.717) is 28.8 Å². The second-order valence-corrected chi connectivity index (χ2v) is 8.99. The molecule has 3 N–H and O–H groups in total. The van der Waals surface area contributed by atoms with Crippen LogP contribution >= 0.6 is 12.2 Å². The Morgan fingerprint density at radius 2 is 1.68 bits per heavy atom. The monoisotopic (exact) mass is 503 g/mol. The Labute approximate surface area is 203 Å². The summed E-state index contributed by atoms with van der Waals surface area (Å²) in [5, 5.41) is 6.58. The van der Waals surface area contributed by atoms with Gasteiger partial charge in [0.25, 0.3) is 10.0 Å². The zero-order chi connectivity index (χ0) is 24.6. The van der Waals surface area contributed by atoms with Crippen molar-refractivity contribution in [1.82, 2.24) is 15.3 Å². The predicted octanol–water partition coefficient (Wildman–Crippen LogP) is 2.83. The normalized spacial score (nSPS) is 10.8. The van der Waals surface area contributed by atoms with Gasteiger partial charge < -0.3 is 24.8 Å². The fraction of sp³-hybridized carbons (Fsp3) is 0.227. The van der Waals surface area contributed by atoms with E-state index in [-0.39, 0.29) is 16.6 Å². The van der Waals surface area contributed by atoms with Gasteiger partial charge in [0.2, 0.25) is 5.88 Å². The molecule has 10 nitrogen and oxygen atoms in total. The number of hydrogen-bond donors (Lipinski definition) is 3. The molecule has 0 unspecified atom stereocenters. The van der Waals surface area contributed by atoms with Crippen molar-refractivity contribution in [3.63, 3.8) is 0 Å². The first kappa shape index (κ1) is 25.0. The van der Waals surface area contributed by atoms with Gasteiger partial charge in [-0.25, -0.2) is 18.4 Å². The van der Waals surface area contributed by atoms with Gasteiger partial charge >= 0.3 is 0 Å². The fourth-order valence-corrected chi connectivity index (χ4v) is 4.17. The van der Waals surface area contributed by atoms with Crippen LogP contribution in [0.1, 0.15) is 5.56 Å². The molecule has 0 amide bonds. The predicted molar refractivity (Wildman–Crippen MR) is 133 cm³/mol. The van der Waals surface area contributed by atoms with Crippen molar-refractivity contribution in [3.8, 4) is 17.4 Å². The minimum atomic E-state index is -3.83. The van der Waals surface area contributed by atoms with Gasteiger partial charge in [0.1, 0.15) is 12.1 Å². The average molecular weight is 504 g/mol. The molecule has 34 heavy (non-hydrogen) atoms. The van der Waals surface area contributed by atoms with E-state index in [2.05, 4.69) is 25.3 Å². The molecule has 1 heterocycles. The standard InChI is InChI=1S/C22H25N5O5S2/c1-30-18-9-4-15(12-19(18)31-2)10-11-23-22(33)26-16-5-7-17(8-6-16)34(28,29)27-20-13-21(32-3)25-14-24-20/h4-9,12-14H,10-11H2,1-3H3,(H2,23,26,33)(H,24,25,27). The molecule has 0 aliphatic carbocycles. The number of rotatable bonds is 10. The maximum Gasteiger partial charge on any atom is 0.263 e. The van der Waals surface area contributed by atoms with Crippen molar-refractivity contribution in [2.24, 2.45) is 0 Å². The highest BCUT2D eigenvalue weighted by molar-refractivity contribution is 7.92. The van der Waals surface area contributed by atoms with Crippen LogP contribution in [0.2, 0.25) is 0 Å². The molecule has 0 saturated heterocycles. The van der Waals surface area contributed by atoms with Gasteiger partial charge in [0.15, 0.2) is 16.6 Å². The van der Waals surface area contributed by atoms with E-state index >= 15 is 0 Å². The first-order valence-corrected chi connectivity index (χ1v) is 12.0. The average Bonchev–Trinajstić information content (AvgIpc) is 2.84. The van der Waals surface area contributed by atoms with E-state index in [1.54, 1.807) is 26.4 Å². The molecule has 0 aliphatic rings. The molecule has 0 fully saturated rings. The molecular weight excluding hydrogens is 478 g/mol. The lowest BCUT2D eigenvalue weighted by atomic mass is 10.1. The van der Waals surface area contributed by atoms with E-state index in [4.69, 9.17) is 26.4 Å². The van der Waals surface area contributed by atoms with E-state index < -0.39 is 10.0 Å². The quantitative estimate of drug-likeness (QED) is 0.356. The van der Waals surface area contributed by atoms with Crippen molar-refractivity contribution < 1.29 is 22.6 Å². The molecule has 180 valence electrons. The summed E-state index contributed by atoms with van der Waals surface area (Å²) in [6.45, 7) is 0.597. The Hall–Kier alpha value is -3.64. The number of nitrogens with zero attached hydrogens (tertiary/aromatic N) is 2. The Balaban J connectivity index is 1.53. The van der Waals surface area contributed by atoms with Gasteiger partial charge in [-0.15, -0.1) is 0 Å². The molecule has 12 heteroatoms. The Morgan fingerprint density at radius 3 is 2.35 bits per heavy atom. The van der Waals surface area contributed by atoms with E-state index in [1.807, 2.05) is 18.2 Å². The third kappa shape index (κ3) is 6.68. The van der Waals surface area contributed by atoms with Gasteiger partial charge in [0, 0.05) is 18.3 Å². The Bertz CT molecular complexity index is 1240. The first-order valence-electron chi connectivity index (χ1n) is 10.1. The van der Waals surface area contributed by atoms with Crippen LogP contribution in [-0.4, -0.2) is 51.4 Å². The van der Waals surface area contributed by atoms with Crippen molar-refractivity contribution in [2.75, 3.05) is 37.9 Å². The number of sulfonamides is 1. The van der Waals surface area contributed by atoms with Gasteiger partial charge in [-0.05, 0) is 60.6 Å². The SMILES string of the molecule is COc1cc(NS(=O)(=O)c2ccc(NC(=S)NCCc3ccc(OC)c(OC)c3)cc2)ncn1. The number of hydrogen-bond acceptors (Lipinski definition) is 8. The van der Waals surface area contributed by atoms with E-state index in [1.165, 1.54) is 31.6 Å². The highest BCUT2D eigenvalue weighted by Gasteiger charge is 2.15. The minimum Gasteiger partial charge on any atom is -0.493 e. The summed E-state index contributed by atoms with van der Waals surface area (Å²) in [4.78, 5) is 7.81. The van der Waals surface area contributed by atoms with Crippen molar-refractivity contribution in [2.45, 2.75) is 11.3 Å². The molecule has 0 atom stereocenters. The first-order chi connectivity index (χ1) is 16.3. The van der Waals surface area contributed by atoms with E-state index in [9.17, 15) is 8.42 Å². The van der Waals surface area contributed by atoms with Crippen LogP contribution in [-0.2, 0) is 16.4 Å². The number of benzene rings is 2. The maximum atomic E-state index is 12.6. The van der Waals surface area contributed by atoms with Crippen LogP contribution in [0.15, 0.2) is 59.8 Å². The zero-order valence-electron chi connectivity index (χ0n) is 18.9. The summed E-state index contributed by atoms with van der Waals surface area (Å²) < 4.78 is 43.2. The highest BCUT2D eigenvalue weighted by atomic mass is 32.2. The third-order valence-corrected chi connectivity index (χ3v) is 6.28. The maximum absolute atomic E-state index is 12.6. The molecule has 0 bridgehead atoms. The molecular formula is C22H25N5O5S2. The molecule has 0 radical (unpaired) electrons. The molecule has 0 saturated carbocycles. The number of ether oxygens (including phenoxy) is 3. The largest absolute Gasteiger partial charge is 0.493 e.